The second-order valence-electron chi connectivity index (χ2n) is 5.38. The first-order valence-corrected chi connectivity index (χ1v) is 8.89. The summed E-state index contributed by atoms with van der Waals surface area (Å²) in [6.07, 6.45) is 4.54. The number of nitrogens with zero attached hydrogens (tertiary/aromatic N) is 2. The molecule has 5 nitrogen and oxygen atoms in total. The first-order valence-electron chi connectivity index (χ1n) is 7.60. The minimum atomic E-state index is -0.0284. The van der Waals surface area contributed by atoms with Gasteiger partial charge in [0.05, 0.1) is 4.88 Å². The fourth-order valence-corrected chi connectivity index (χ4v) is 3.21. The average Bonchev–Trinajstić information content (AvgIpc) is 3.10. The molecule has 0 aliphatic heterocycles. The number of nitrogens with one attached hydrogen (secondary N) is 2. The van der Waals surface area contributed by atoms with Gasteiger partial charge in [-0.15, -0.1) is 11.3 Å². The minimum Gasteiger partial charge on any atom is -0.352 e. The van der Waals surface area contributed by atoms with Gasteiger partial charge in [0.25, 0.3) is 0 Å². The quantitative estimate of drug-likeness (QED) is 0.569. The maximum Gasteiger partial charge on any atom is 0.240 e. The van der Waals surface area contributed by atoms with E-state index in [0.29, 0.717) is 10.6 Å². The van der Waals surface area contributed by atoms with Gasteiger partial charge in [-0.25, -0.2) is 0 Å². The molecule has 0 aliphatic rings. The Kier molecular flexibility index (Phi) is 6.33. The minimum absolute atomic E-state index is 0.0284. The van der Waals surface area contributed by atoms with E-state index in [1.165, 1.54) is 12.8 Å². The summed E-state index contributed by atoms with van der Waals surface area (Å²) in [6, 6.07) is 4.11. The molecule has 2 rings (SSSR count). The van der Waals surface area contributed by atoms with Crippen LogP contribution in [0.5, 0.6) is 0 Å². The van der Waals surface area contributed by atoms with Crippen molar-refractivity contribution in [2.75, 3.05) is 0 Å². The van der Waals surface area contributed by atoms with Crippen molar-refractivity contribution in [2.24, 2.45) is 0 Å². The second-order valence-corrected chi connectivity index (χ2v) is 6.71. The van der Waals surface area contributed by atoms with Gasteiger partial charge in [0.1, 0.15) is 6.54 Å². The Hall–Kier alpha value is -1.47. The monoisotopic (exact) mass is 338 g/mol. The van der Waals surface area contributed by atoms with Gasteiger partial charge < -0.3 is 5.32 Å². The van der Waals surface area contributed by atoms with Crippen LogP contribution in [-0.2, 0) is 11.3 Å². The van der Waals surface area contributed by atoms with Crippen LogP contribution in [0.1, 0.15) is 39.5 Å². The smallest absolute Gasteiger partial charge is 0.240 e. The number of rotatable bonds is 8. The molecule has 0 radical (unpaired) electrons. The molecular formula is C15H22N4OS2. The van der Waals surface area contributed by atoms with Crippen molar-refractivity contribution in [2.45, 2.75) is 52.1 Å². The predicted molar refractivity (Wildman–Crippen MR) is 92.5 cm³/mol. The van der Waals surface area contributed by atoms with Crippen molar-refractivity contribution in [3.8, 4) is 10.7 Å². The van der Waals surface area contributed by atoms with Crippen molar-refractivity contribution in [1.82, 2.24) is 20.1 Å². The zero-order valence-corrected chi connectivity index (χ0v) is 14.6. The number of thiophene rings is 1. The maximum atomic E-state index is 12.2. The van der Waals surface area contributed by atoms with Crippen LogP contribution in [0.3, 0.4) is 0 Å². The lowest BCUT2D eigenvalue weighted by molar-refractivity contribution is -0.122. The van der Waals surface area contributed by atoms with Crippen molar-refractivity contribution < 1.29 is 4.79 Å². The highest BCUT2D eigenvalue weighted by molar-refractivity contribution is 7.71. The second kappa shape index (κ2) is 8.24. The molecule has 1 amide bonds. The average molecular weight is 339 g/mol. The maximum absolute atomic E-state index is 12.2. The highest BCUT2D eigenvalue weighted by Gasteiger charge is 2.14. The van der Waals surface area contributed by atoms with E-state index >= 15 is 0 Å². The van der Waals surface area contributed by atoms with E-state index in [4.69, 9.17) is 12.2 Å². The van der Waals surface area contributed by atoms with Gasteiger partial charge in [-0.05, 0) is 37.0 Å². The first kappa shape index (κ1) is 16.9. The molecule has 0 aromatic carbocycles. The molecule has 0 spiro atoms. The van der Waals surface area contributed by atoms with E-state index in [1.54, 1.807) is 15.9 Å². The van der Waals surface area contributed by atoms with E-state index in [1.807, 2.05) is 24.4 Å². The molecule has 0 saturated carbocycles. The number of carbonyl (C=O) groups excluding carboxylic acids is 1. The topological polar surface area (TPSA) is 62.7 Å². The van der Waals surface area contributed by atoms with Gasteiger partial charge in [0, 0.05) is 6.04 Å². The molecule has 0 saturated heterocycles. The molecule has 2 aromatic heterocycles. The van der Waals surface area contributed by atoms with E-state index in [2.05, 4.69) is 22.4 Å². The fourth-order valence-electron chi connectivity index (χ4n) is 2.30. The predicted octanol–water partition coefficient (Wildman–Crippen LogP) is 3.75. The zero-order valence-electron chi connectivity index (χ0n) is 13.0. The number of unbranched alkanes of at least 4 members (excludes halogenated alkanes) is 2. The van der Waals surface area contributed by atoms with Crippen molar-refractivity contribution >= 4 is 29.5 Å². The number of hydrogen-bond donors (Lipinski definition) is 2. The largest absolute Gasteiger partial charge is 0.352 e. The molecule has 7 heteroatoms. The Morgan fingerprint density at radius 2 is 2.36 bits per heavy atom. The third kappa shape index (κ3) is 4.51. The highest BCUT2D eigenvalue weighted by atomic mass is 32.1. The Morgan fingerprint density at radius 1 is 1.55 bits per heavy atom. The van der Waals surface area contributed by atoms with Gasteiger partial charge >= 0.3 is 0 Å². The number of H-pyrrole nitrogens is 1. The summed E-state index contributed by atoms with van der Waals surface area (Å²) in [5.74, 6) is 0.688. The van der Waals surface area contributed by atoms with Gasteiger partial charge in [0.15, 0.2) is 10.6 Å². The Labute approximate surface area is 139 Å². The van der Waals surface area contributed by atoms with Crippen molar-refractivity contribution in [3.63, 3.8) is 0 Å². The molecule has 2 N–H and O–H groups in total. The molecule has 1 unspecified atom stereocenters. The number of carbonyl (C=O) groups is 1. The van der Waals surface area contributed by atoms with Crippen LogP contribution in [0.15, 0.2) is 17.5 Å². The third-order valence-corrected chi connectivity index (χ3v) is 4.63. The van der Waals surface area contributed by atoms with Gasteiger partial charge in [-0.2, -0.15) is 5.10 Å². The zero-order chi connectivity index (χ0) is 15.9. The van der Waals surface area contributed by atoms with Crippen LogP contribution in [0, 0.1) is 4.77 Å². The molecule has 2 heterocycles. The number of amides is 1. The van der Waals surface area contributed by atoms with Gasteiger partial charge in [-0.1, -0.05) is 32.3 Å². The standard InChI is InChI=1S/C15H22N4OS2/c1-3-4-5-7-11(2)16-13(20)10-19-14(17-18-15(19)21)12-8-6-9-22-12/h6,8-9,11H,3-5,7,10H2,1-2H3,(H,16,20)(H,18,21). The normalized spacial score (nSPS) is 12.3. The summed E-state index contributed by atoms with van der Waals surface area (Å²) in [5, 5.41) is 12.0. The molecule has 2 aromatic rings. The summed E-state index contributed by atoms with van der Waals surface area (Å²) in [7, 11) is 0. The number of aromatic amines is 1. The SMILES string of the molecule is CCCCCC(C)NC(=O)Cn1c(-c2cccs2)n[nH]c1=S. The lowest BCUT2D eigenvalue weighted by Gasteiger charge is -2.14. The van der Waals surface area contributed by atoms with Crippen molar-refractivity contribution in [1.29, 1.82) is 0 Å². The van der Waals surface area contributed by atoms with E-state index < -0.39 is 0 Å². The summed E-state index contributed by atoms with van der Waals surface area (Å²) in [5.41, 5.74) is 0. The summed E-state index contributed by atoms with van der Waals surface area (Å²) in [4.78, 5) is 13.2. The number of aromatic nitrogens is 3. The van der Waals surface area contributed by atoms with Crippen LogP contribution in [-0.4, -0.2) is 26.7 Å². The van der Waals surface area contributed by atoms with Gasteiger partial charge in [-0.3, -0.25) is 14.5 Å². The summed E-state index contributed by atoms with van der Waals surface area (Å²) >= 11 is 6.81. The Bertz CT molecular complexity index is 645. The van der Waals surface area contributed by atoms with Crippen LogP contribution in [0.4, 0.5) is 0 Å². The van der Waals surface area contributed by atoms with Crippen LogP contribution in [0.2, 0.25) is 0 Å². The lowest BCUT2D eigenvalue weighted by atomic mass is 10.1. The molecule has 0 bridgehead atoms. The molecule has 1 atom stereocenters. The highest BCUT2D eigenvalue weighted by Crippen LogP contribution is 2.22. The first-order chi connectivity index (χ1) is 10.6. The van der Waals surface area contributed by atoms with Crippen LogP contribution in [0.25, 0.3) is 10.7 Å². The van der Waals surface area contributed by atoms with E-state index in [0.717, 1.165) is 17.7 Å². The number of hydrogen-bond acceptors (Lipinski definition) is 4. The Morgan fingerprint density at radius 3 is 3.05 bits per heavy atom. The third-order valence-electron chi connectivity index (χ3n) is 3.45. The molecule has 0 aliphatic carbocycles. The molecule has 22 heavy (non-hydrogen) atoms. The van der Waals surface area contributed by atoms with E-state index in [-0.39, 0.29) is 18.5 Å². The van der Waals surface area contributed by atoms with E-state index in [9.17, 15) is 4.79 Å². The van der Waals surface area contributed by atoms with Crippen LogP contribution < -0.4 is 5.32 Å². The molecular weight excluding hydrogens is 316 g/mol. The van der Waals surface area contributed by atoms with Gasteiger partial charge in [0.2, 0.25) is 5.91 Å². The fraction of sp³-hybridized carbons (Fsp3) is 0.533. The van der Waals surface area contributed by atoms with Crippen LogP contribution >= 0.6 is 23.6 Å². The molecule has 120 valence electrons. The van der Waals surface area contributed by atoms with Crippen molar-refractivity contribution in [3.05, 3.63) is 22.3 Å². The molecule has 0 fully saturated rings. The summed E-state index contributed by atoms with van der Waals surface area (Å²) in [6.45, 7) is 4.42. The summed E-state index contributed by atoms with van der Waals surface area (Å²) < 4.78 is 2.21. The lowest BCUT2D eigenvalue weighted by Crippen LogP contribution is -2.35. The Balaban J connectivity index is 1.97.